The number of hydrogen-bond donors (Lipinski definition) is 0. The smallest absolute Gasteiger partial charge is 0.140 e. The summed E-state index contributed by atoms with van der Waals surface area (Å²) in [6.45, 7) is 0.629. The van der Waals surface area contributed by atoms with Gasteiger partial charge in [0.15, 0.2) is 0 Å². The predicted octanol–water partition coefficient (Wildman–Crippen LogP) is 12.1. The summed E-state index contributed by atoms with van der Waals surface area (Å²) < 4.78 is 10.0. The van der Waals surface area contributed by atoms with Gasteiger partial charge in [-0.15, -0.1) is 0 Å². The van der Waals surface area contributed by atoms with Crippen molar-refractivity contribution in [3.05, 3.63) is 182 Å². The second kappa shape index (κ2) is 13.5. The molecule has 10 rings (SSSR count). The lowest BCUT2D eigenvalue weighted by Gasteiger charge is -2.11. The highest BCUT2D eigenvalue weighted by atomic mass is 16.5. The van der Waals surface area contributed by atoms with E-state index < -0.39 is 0 Å². The third-order valence-electron chi connectivity index (χ3n) is 11.0. The lowest BCUT2D eigenvalue weighted by molar-refractivity contribution is 0.243. The van der Waals surface area contributed by atoms with Gasteiger partial charge in [-0.05, 0) is 92.2 Å². The van der Waals surface area contributed by atoms with E-state index in [0.717, 1.165) is 44.8 Å². The first-order valence-electron chi connectivity index (χ1n) is 18.7. The number of nitrogens with zero attached hydrogens (tertiary/aromatic N) is 4. The summed E-state index contributed by atoms with van der Waals surface area (Å²) in [5.41, 5.74) is 14.7. The molecule has 3 heterocycles. The van der Waals surface area contributed by atoms with Crippen LogP contribution in [0.5, 0.6) is 0 Å². The monoisotopic (exact) mass is 710 g/mol. The Bertz CT molecular complexity index is 2930. The van der Waals surface area contributed by atoms with Gasteiger partial charge >= 0.3 is 0 Å². The van der Waals surface area contributed by atoms with Gasteiger partial charge in [0.2, 0.25) is 0 Å². The maximum Gasteiger partial charge on any atom is 0.140 e. The summed E-state index contributed by atoms with van der Waals surface area (Å²) in [7, 11) is 4.18. The van der Waals surface area contributed by atoms with Crippen molar-refractivity contribution in [2.75, 3.05) is 6.61 Å². The van der Waals surface area contributed by atoms with Gasteiger partial charge in [-0.1, -0.05) is 127 Å². The summed E-state index contributed by atoms with van der Waals surface area (Å²) in [6, 6.07) is 54.5. The molecular weight excluding hydrogens is 673 g/mol. The first-order chi connectivity index (χ1) is 27.1. The molecule has 0 amide bonds. The number of hydrogen-bond acceptors (Lipinski definition) is 3. The number of allylic oxidation sites excluding steroid dienone is 2. The Hall–Kier alpha value is -6.98. The first kappa shape index (κ1) is 32.7. The second-order valence-corrected chi connectivity index (χ2v) is 14.4. The van der Waals surface area contributed by atoms with E-state index in [9.17, 15) is 0 Å². The van der Waals surface area contributed by atoms with Crippen LogP contribution in [0.25, 0.3) is 89.0 Å². The van der Waals surface area contributed by atoms with Crippen LogP contribution < -0.4 is 0 Å². The maximum absolute atomic E-state index is 5.64. The zero-order valence-electron chi connectivity index (χ0n) is 30.7. The Morgan fingerprint density at radius 3 is 1.62 bits per heavy atom. The molecule has 0 bridgehead atoms. The van der Waals surface area contributed by atoms with Gasteiger partial charge in [-0.25, -0.2) is 9.97 Å². The van der Waals surface area contributed by atoms with Crippen LogP contribution in [0, 0.1) is 0 Å². The molecule has 5 heteroatoms. The number of ether oxygens (including phenoxy) is 1. The van der Waals surface area contributed by atoms with E-state index in [-0.39, 0.29) is 5.92 Å². The molecule has 55 heavy (non-hydrogen) atoms. The van der Waals surface area contributed by atoms with E-state index in [0.29, 0.717) is 6.61 Å². The van der Waals surface area contributed by atoms with Gasteiger partial charge in [0, 0.05) is 31.1 Å². The van der Waals surface area contributed by atoms with Crippen LogP contribution in [0.2, 0.25) is 0 Å². The fraction of sp³-hybridized carbons (Fsp3) is 0.0800. The molecule has 1 aliphatic heterocycles. The number of imidazole rings is 2. The molecule has 264 valence electrons. The SMILES string of the molecule is Cn1c(-c2ccc(-c3ccc4ccc(-c5ccc(-c6nc7cc(C8C=CC=COC8)ccc7n6C)cc5)cc4c3)cc2)nc2cc(-c3ccccc3)ccc21. The minimum atomic E-state index is 0.205. The molecule has 7 aromatic carbocycles. The quantitative estimate of drug-likeness (QED) is 0.173. The molecule has 0 spiro atoms. The highest BCUT2D eigenvalue weighted by molar-refractivity contribution is 5.92. The highest BCUT2D eigenvalue weighted by Crippen LogP contribution is 2.34. The van der Waals surface area contributed by atoms with E-state index in [4.69, 9.17) is 14.7 Å². The maximum atomic E-state index is 5.64. The van der Waals surface area contributed by atoms with Crippen LogP contribution in [0.1, 0.15) is 11.5 Å². The predicted molar refractivity (Wildman–Crippen MR) is 227 cm³/mol. The fourth-order valence-corrected chi connectivity index (χ4v) is 7.92. The summed E-state index contributed by atoms with van der Waals surface area (Å²) in [6.07, 6.45) is 7.92. The van der Waals surface area contributed by atoms with Crippen molar-refractivity contribution in [3.8, 4) is 56.2 Å². The minimum Gasteiger partial charge on any atom is -0.500 e. The van der Waals surface area contributed by atoms with Gasteiger partial charge in [-0.2, -0.15) is 0 Å². The topological polar surface area (TPSA) is 44.9 Å². The Balaban J connectivity index is 0.898. The third-order valence-corrected chi connectivity index (χ3v) is 11.0. The van der Waals surface area contributed by atoms with Gasteiger partial charge in [0.1, 0.15) is 11.6 Å². The van der Waals surface area contributed by atoms with Crippen molar-refractivity contribution in [1.82, 2.24) is 19.1 Å². The third kappa shape index (κ3) is 6.00. The second-order valence-electron chi connectivity index (χ2n) is 14.4. The largest absolute Gasteiger partial charge is 0.500 e. The number of aryl methyl sites for hydroxylation is 2. The summed E-state index contributed by atoms with van der Waals surface area (Å²) in [5, 5.41) is 2.43. The first-order valence-corrected chi connectivity index (χ1v) is 18.7. The van der Waals surface area contributed by atoms with Crippen molar-refractivity contribution in [2.24, 2.45) is 14.1 Å². The number of fused-ring (bicyclic) bond motifs is 3. The number of rotatable bonds is 6. The normalized spacial score (nSPS) is 14.1. The molecule has 0 saturated heterocycles. The summed E-state index contributed by atoms with van der Waals surface area (Å²) in [4.78, 5) is 10.1. The fourth-order valence-electron chi connectivity index (χ4n) is 7.92. The van der Waals surface area contributed by atoms with Crippen LogP contribution in [-0.4, -0.2) is 25.7 Å². The zero-order chi connectivity index (χ0) is 36.9. The van der Waals surface area contributed by atoms with Crippen molar-refractivity contribution in [1.29, 1.82) is 0 Å². The van der Waals surface area contributed by atoms with Crippen LogP contribution in [0.4, 0.5) is 0 Å². The standard InChI is InChI=1S/C50H38N4O/c1-53-47-25-23-41(33-8-4-3-5-9-33)30-45(47)51-49(53)37-17-11-34(12-18-37)39-21-15-36-16-22-40(29-44(36)28-39)35-13-19-38(20-14-35)50-52-46-31-42(24-26-48(46)54(50)2)43-10-6-7-27-55-32-43/h3-31,43H,32H2,1-2H3. The Kier molecular flexibility index (Phi) is 7.99. The van der Waals surface area contributed by atoms with Gasteiger partial charge in [0.25, 0.3) is 0 Å². The van der Waals surface area contributed by atoms with Gasteiger partial charge in [-0.3, -0.25) is 0 Å². The number of aromatic nitrogens is 4. The lowest BCUT2D eigenvalue weighted by atomic mass is 9.97. The molecule has 0 N–H and O–H groups in total. The molecule has 0 saturated carbocycles. The molecule has 0 aliphatic carbocycles. The van der Waals surface area contributed by atoms with Crippen LogP contribution in [0.3, 0.4) is 0 Å². The average Bonchev–Trinajstić information content (AvgIpc) is 3.60. The molecular formula is C50H38N4O. The van der Waals surface area contributed by atoms with Crippen LogP contribution >= 0.6 is 0 Å². The molecule has 1 unspecified atom stereocenters. The van der Waals surface area contributed by atoms with E-state index in [1.807, 2.05) is 18.2 Å². The molecule has 5 nitrogen and oxygen atoms in total. The van der Waals surface area contributed by atoms with E-state index in [1.54, 1.807) is 6.26 Å². The van der Waals surface area contributed by atoms with Crippen molar-refractivity contribution in [3.63, 3.8) is 0 Å². The lowest BCUT2D eigenvalue weighted by Crippen LogP contribution is -2.02. The zero-order valence-corrected chi connectivity index (χ0v) is 30.7. The average molecular weight is 711 g/mol. The van der Waals surface area contributed by atoms with E-state index in [1.165, 1.54) is 49.7 Å². The summed E-state index contributed by atoms with van der Waals surface area (Å²) in [5.74, 6) is 2.12. The van der Waals surface area contributed by atoms with E-state index in [2.05, 4.69) is 175 Å². The Labute approximate surface area is 320 Å². The number of benzene rings is 7. The summed E-state index contributed by atoms with van der Waals surface area (Å²) >= 11 is 0. The molecule has 0 radical (unpaired) electrons. The molecule has 2 aromatic heterocycles. The van der Waals surface area contributed by atoms with Crippen LogP contribution in [0.15, 0.2) is 176 Å². The highest BCUT2D eigenvalue weighted by Gasteiger charge is 2.16. The van der Waals surface area contributed by atoms with Crippen molar-refractivity contribution < 1.29 is 4.74 Å². The molecule has 1 aliphatic rings. The Morgan fingerprint density at radius 2 is 0.982 bits per heavy atom. The van der Waals surface area contributed by atoms with Gasteiger partial charge < -0.3 is 13.9 Å². The molecule has 0 fully saturated rings. The van der Waals surface area contributed by atoms with Crippen molar-refractivity contribution >= 4 is 32.8 Å². The van der Waals surface area contributed by atoms with E-state index >= 15 is 0 Å². The van der Waals surface area contributed by atoms with Crippen LogP contribution in [-0.2, 0) is 18.8 Å². The molecule has 9 aromatic rings. The van der Waals surface area contributed by atoms with Gasteiger partial charge in [0.05, 0.1) is 34.9 Å². The van der Waals surface area contributed by atoms with Crippen molar-refractivity contribution in [2.45, 2.75) is 5.92 Å². The Morgan fingerprint density at radius 1 is 0.473 bits per heavy atom. The molecule has 1 atom stereocenters. The minimum absolute atomic E-state index is 0.205.